The first-order chi connectivity index (χ1) is 15.1. The van der Waals surface area contributed by atoms with Crippen LogP contribution in [0.5, 0.6) is 5.75 Å². The van der Waals surface area contributed by atoms with E-state index in [4.69, 9.17) is 19.2 Å². The zero-order chi connectivity index (χ0) is 23.5. The Bertz CT molecular complexity index is 928. The fourth-order valence-corrected chi connectivity index (χ4v) is 4.62. The van der Waals surface area contributed by atoms with E-state index in [9.17, 15) is 9.59 Å². The van der Waals surface area contributed by atoms with Crippen molar-refractivity contribution in [3.05, 3.63) is 41.1 Å². The highest BCUT2D eigenvalue weighted by atomic mass is 16.6. The van der Waals surface area contributed by atoms with Gasteiger partial charge in [0.05, 0.1) is 12.7 Å². The molecule has 0 radical (unpaired) electrons. The minimum Gasteiger partial charge on any atom is -0.491 e. The number of allylic oxidation sites excluding steroid dienone is 2. The second kappa shape index (κ2) is 9.99. The molecule has 0 spiro atoms. The third-order valence-corrected chi connectivity index (χ3v) is 5.85. The lowest BCUT2D eigenvalue weighted by Gasteiger charge is -2.39. The zero-order valence-corrected chi connectivity index (χ0v) is 20.1. The molecular formula is C26H35NO5. The topological polar surface area (TPSA) is 74.2 Å². The molecule has 1 aromatic carbocycles. The minimum atomic E-state index is -0.683. The van der Waals surface area contributed by atoms with E-state index in [-0.39, 0.29) is 29.9 Å². The monoisotopic (exact) mass is 441 g/mol. The lowest BCUT2D eigenvalue weighted by Crippen LogP contribution is -2.40. The zero-order valence-electron chi connectivity index (χ0n) is 20.1. The molecule has 0 bridgehead atoms. The number of hydrogen-bond acceptors (Lipinski definition) is 6. The first kappa shape index (κ1) is 24.2. The summed E-state index contributed by atoms with van der Waals surface area (Å²) in [6.07, 6.45) is 1.08. The number of ether oxygens (including phenoxy) is 3. The van der Waals surface area contributed by atoms with Crippen molar-refractivity contribution in [3.8, 4) is 5.75 Å². The quantitative estimate of drug-likeness (QED) is 0.425. The Morgan fingerprint density at radius 1 is 1.19 bits per heavy atom. The third-order valence-electron chi connectivity index (χ3n) is 5.85. The molecular weight excluding hydrogens is 406 g/mol. The molecule has 1 heterocycles. The Balaban J connectivity index is 2.08. The maximum atomic E-state index is 13.4. The van der Waals surface area contributed by atoms with E-state index in [0.29, 0.717) is 43.1 Å². The van der Waals surface area contributed by atoms with E-state index in [1.54, 1.807) is 0 Å². The van der Waals surface area contributed by atoms with E-state index in [2.05, 4.69) is 13.8 Å². The Hall–Kier alpha value is -2.47. The summed E-state index contributed by atoms with van der Waals surface area (Å²) in [4.78, 5) is 31.4. The molecule has 32 heavy (non-hydrogen) atoms. The summed E-state index contributed by atoms with van der Waals surface area (Å²) in [6, 6.07) is 7.66. The van der Waals surface area contributed by atoms with Gasteiger partial charge in [0.25, 0.3) is 0 Å². The maximum Gasteiger partial charge on any atom is 0.315 e. The van der Waals surface area contributed by atoms with Crippen LogP contribution in [0.1, 0.15) is 65.9 Å². The molecule has 1 aromatic rings. The number of esters is 1. The van der Waals surface area contributed by atoms with Gasteiger partial charge in [-0.2, -0.15) is 0 Å². The van der Waals surface area contributed by atoms with Crippen LogP contribution in [-0.4, -0.2) is 43.4 Å². The van der Waals surface area contributed by atoms with Crippen molar-refractivity contribution in [3.63, 3.8) is 0 Å². The Morgan fingerprint density at radius 2 is 1.91 bits per heavy atom. The molecule has 0 saturated heterocycles. The number of Topliss-reactive ketones (excluding diaryl/α,β-unsaturated/α-hetero) is 1. The standard InChI is InChI=1S/C26H35NO5/c1-7-30-12-13-31-25(29)22-17(4)27-19-14-26(5,6)15-20(28)24(19)23(22)18-10-8-9-11-21(18)32-16(2)3/h8-11,16,22-23H,7,12-15H2,1-6H3/t22?,23-/m0/s1. The maximum absolute atomic E-state index is 13.4. The molecule has 2 aliphatic rings. The van der Waals surface area contributed by atoms with Gasteiger partial charge in [-0.3, -0.25) is 14.6 Å². The molecule has 6 heteroatoms. The average molecular weight is 442 g/mol. The highest BCUT2D eigenvalue weighted by molar-refractivity contribution is 6.09. The van der Waals surface area contributed by atoms with Gasteiger partial charge >= 0.3 is 5.97 Å². The predicted molar refractivity (Wildman–Crippen MR) is 124 cm³/mol. The summed E-state index contributed by atoms with van der Waals surface area (Å²) >= 11 is 0. The fourth-order valence-electron chi connectivity index (χ4n) is 4.62. The molecule has 1 aliphatic heterocycles. The van der Waals surface area contributed by atoms with Gasteiger partial charge in [-0.25, -0.2) is 0 Å². The van der Waals surface area contributed by atoms with Gasteiger partial charge in [-0.05, 0) is 45.6 Å². The minimum absolute atomic E-state index is 0.0412. The van der Waals surface area contributed by atoms with Crippen molar-refractivity contribution in [2.45, 2.75) is 66.4 Å². The van der Waals surface area contributed by atoms with E-state index >= 15 is 0 Å². The summed E-state index contributed by atoms with van der Waals surface area (Å²) in [5, 5.41) is 0. The summed E-state index contributed by atoms with van der Waals surface area (Å²) in [7, 11) is 0. The molecule has 6 nitrogen and oxygen atoms in total. The smallest absolute Gasteiger partial charge is 0.315 e. The summed E-state index contributed by atoms with van der Waals surface area (Å²) < 4.78 is 17.0. The molecule has 0 saturated carbocycles. The Labute approximate surface area is 191 Å². The van der Waals surface area contributed by atoms with Crippen LogP contribution >= 0.6 is 0 Å². The van der Waals surface area contributed by atoms with Gasteiger partial charge in [0.2, 0.25) is 0 Å². The van der Waals surface area contributed by atoms with Crippen molar-refractivity contribution >= 4 is 17.5 Å². The van der Waals surface area contributed by atoms with E-state index in [0.717, 1.165) is 11.3 Å². The molecule has 0 aromatic heterocycles. The number of carbonyl (C=O) groups is 2. The number of nitrogens with zero attached hydrogens (tertiary/aromatic N) is 1. The van der Waals surface area contributed by atoms with E-state index < -0.39 is 11.8 Å². The van der Waals surface area contributed by atoms with Crippen molar-refractivity contribution in [2.75, 3.05) is 19.8 Å². The number of rotatable bonds is 8. The van der Waals surface area contributed by atoms with Crippen LogP contribution < -0.4 is 4.74 Å². The van der Waals surface area contributed by atoms with Crippen molar-refractivity contribution in [1.82, 2.24) is 0 Å². The van der Waals surface area contributed by atoms with Crippen LogP contribution in [0.2, 0.25) is 0 Å². The van der Waals surface area contributed by atoms with Crippen molar-refractivity contribution in [2.24, 2.45) is 16.3 Å². The second-order valence-corrected chi connectivity index (χ2v) is 9.58. The Kier molecular flexibility index (Phi) is 7.55. The molecule has 0 amide bonds. The first-order valence-corrected chi connectivity index (χ1v) is 11.5. The number of para-hydroxylation sites is 1. The summed E-state index contributed by atoms with van der Waals surface area (Å²) in [5.74, 6) is -0.833. The molecule has 174 valence electrons. The number of aliphatic imine (C=N–C) groups is 1. The third kappa shape index (κ3) is 5.29. The fraction of sp³-hybridized carbons (Fsp3) is 0.577. The van der Waals surface area contributed by atoms with E-state index in [1.165, 1.54) is 0 Å². The molecule has 1 aliphatic carbocycles. The summed E-state index contributed by atoms with van der Waals surface area (Å²) in [6.45, 7) is 12.9. The first-order valence-electron chi connectivity index (χ1n) is 11.5. The van der Waals surface area contributed by atoms with Gasteiger partial charge in [0, 0.05) is 41.5 Å². The SMILES string of the molecule is CCOCCOC(=O)C1C(C)=NC2=C(C(=O)CC(C)(C)C2)[C@H]1c1ccccc1OC(C)C. The van der Waals surface area contributed by atoms with Crippen LogP contribution in [0.3, 0.4) is 0 Å². The number of carbonyl (C=O) groups excluding carboxylic acids is 2. The van der Waals surface area contributed by atoms with Crippen LogP contribution in [0.4, 0.5) is 0 Å². The second-order valence-electron chi connectivity index (χ2n) is 9.58. The molecule has 0 fully saturated rings. The molecule has 1 unspecified atom stereocenters. The number of ketones is 1. The lowest BCUT2D eigenvalue weighted by atomic mass is 9.66. The molecule has 2 atom stereocenters. The highest BCUT2D eigenvalue weighted by Crippen LogP contribution is 2.49. The predicted octanol–water partition coefficient (Wildman–Crippen LogP) is 4.87. The van der Waals surface area contributed by atoms with Crippen LogP contribution in [-0.2, 0) is 19.1 Å². The molecule has 3 rings (SSSR count). The van der Waals surface area contributed by atoms with Crippen LogP contribution in [0.25, 0.3) is 0 Å². The van der Waals surface area contributed by atoms with E-state index in [1.807, 2.05) is 52.0 Å². The average Bonchev–Trinajstić information content (AvgIpc) is 2.69. The van der Waals surface area contributed by atoms with Crippen molar-refractivity contribution in [1.29, 1.82) is 0 Å². The number of benzene rings is 1. The van der Waals surface area contributed by atoms with Gasteiger partial charge < -0.3 is 14.2 Å². The van der Waals surface area contributed by atoms with Crippen molar-refractivity contribution < 1.29 is 23.8 Å². The van der Waals surface area contributed by atoms with Crippen LogP contribution in [0.15, 0.2) is 40.5 Å². The highest BCUT2D eigenvalue weighted by Gasteiger charge is 2.46. The van der Waals surface area contributed by atoms with Gasteiger partial charge in [-0.1, -0.05) is 32.0 Å². The van der Waals surface area contributed by atoms with Gasteiger partial charge in [0.1, 0.15) is 18.3 Å². The summed E-state index contributed by atoms with van der Waals surface area (Å²) in [5.41, 5.74) is 2.74. The lowest BCUT2D eigenvalue weighted by molar-refractivity contribution is -0.148. The van der Waals surface area contributed by atoms with Crippen LogP contribution in [0, 0.1) is 11.3 Å². The van der Waals surface area contributed by atoms with Gasteiger partial charge in [-0.15, -0.1) is 0 Å². The Morgan fingerprint density at radius 3 is 2.59 bits per heavy atom. The molecule has 0 N–H and O–H groups in total. The van der Waals surface area contributed by atoms with Gasteiger partial charge in [0.15, 0.2) is 5.78 Å². The largest absolute Gasteiger partial charge is 0.491 e. The number of hydrogen-bond donors (Lipinski definition) is 0. The normalized spacial score (nSPS) is 22.5.